The molecular formula is C8H17NO2. The number of ether oxygens (including phenoxy) is 1. The number of hydrogen-bond acceptors (Lipinski definition) is 3. The lowest BCUT2D eigenvalue weighted by atomic mass is 10.1. The zero-order valence-electron chi connectivity index (χ0n) is 7.68. The van der Waals surface area contributed by atoms with Gasteiger partial charge in [0.2, 0.25) is 0 Å². The summed E-state index contributed by atoms with van der Waals surface area (Å²) in [5.74, 6) is 0. The Morgan fingerprint density at radius 2 is 2.09 bits per heavy atom. The second kappa shape index (κ2) is 4.46. The second-order valence-corrected chi connectivity index (χ2v) is 3.59. The first-order valence-corrected chi connectivity index (χ1v) is 3.71. The fourth-order valence-electron chi connectivity index (χ4n) is 0.851. The van der Waals surface area contributed by atoms with Crippen molar-refractivity contribution < 1.29 is 9.53 Å². The molecule has 3 nitrogen and oxygen atoms in total. The van der Waals surface area contributed by atoms with Crippen LogP contribution in [0, 0.1) is 0 Å². The van der Waals surface area contributed by atoms with Gasteiger partial charge >= 0.3 is 0 Å². The molecule has 0 aromatic rings. The van der Waals surface area contributed by atoms with Crippen molar-refractivity contribution in [1.29, 1.82) is 0 Å². The Kier molecular flexibility index (Phi) is 4.30. The predicted molar refractivity (Wildman–Crippen MR) is 44.6 cm³/mol. The lowest BCUT2D eigenvalue weighted by molar-refractivity contribution is -0.111. The maximum absolute atomic E-state index is 10.4. The van der Waals surface area contributed by atoms with Crippen LogP contribution in [0.25, 0.3) is 0 Å². The van der Waals surface area contributed by atoms with Crippen LogP contribution in [0.2, 0.25) is 0 Å². The van der Waals surface area contributed by atoms with Crippen molar-refractivity contribution in [3.05, 3.63) is 0 Å². The van der Waals surface area contributed by atoms with Crippen LogP contribution in [0.4, 0.5) is 0 Å². The SMILES string of the molecule is COC[C@@H](C=O)NC(C)(C)C. The second-order valence-electron chi connectivity index (χ2n) is 3.59. The van der Waals surface area contributed by atoms with Crippen LogP contribution >= 0.6 is 0 Å². The number of hydrogen-bond donors (Lipinski definition) is 1. The Bertz CT molecular complexity index is 118. The number of carbonyl (C=O) groups is 1. The molecule has 0 fully saturated rings. The van der Waals surface area contributed by atoms with Gasteiger partial charge in [0, 0.05) is 12.6 Å². The summed E-state index contributed by atoms with van der Waals surface area (Å²) in [7, 11) is 1.58. The summed E-state index contributed by atoms with van der Waals surface area (Å²) in [5, 5.41) is 3.11. The van der Waals surface area contributed by atoms with Gasteiger partial charge in [0.1, 0.15) is 6.29 Å². The van der Waals surface area contributed by atoms with Crippen molar-refractivity contribution in [2.45, 2.75) is 32.4 Å². The number of nitrogens with one attached hydrogen (secondary N) is 1. The van der Waals surface area contributed by atoms with Gasteiger partial charge in [-0.1, -0.05) is 0 Å². The van der Waals surface area contributed by atoms with Crippen LogP contribution in [0.1, 0.15) is 20.8 Å². The fourth-order valence-corrected chi connectivity index (χ4v) is 0.851. The van der Waals surface area contributed by atoms with Crippen molar-refractivity contribution in [1.82, 2.24) is 5.32 Å². The molecule has 0 aromatic heterocycles. The van der Waals surface area contributed by atoms with Crippen molar-refractivity contribution in [3.8, 4) is 0 Å². The van der Waals surface area contributed by atoms with Gasteiger partial charge in [-0.2, -0.15) is 0 Å². The lowest BCUT2D eigenvalue weighted by Gasteiger charge is -2.24. The van der Waals surface area contributed by atoms with Crippen LogP contribution in [0.3, 0.4) is 0 Å². The molecule has 0 rings (SSSR count). The molecule has 11 heavy (non-hydrogen) atoms. The highest BCUT2D eigenvalue weighted by Crippen LogP contribution is 1.99. The van der Waals surface area contributed by atoms with Crippen molar-refractivity contribution in [3.63, 3.8) is 0 Å². The molecule has 0 bridgehead atoms. The molecular weight excluding hydrogens is 142 g/mol. The van der Waals surface area contributed by atoms with E-state index in [9.17, 15) is 4.79 Å². The summed E-state index contributed by atoms with van der Waals surface area (Å²) >= 11 is 0. The lowest BCUT2D eigenvalue weighted by Crippen LogP contribution is -2.46. The zero-order chi connectivity index (χ0) is 8.91. The van der Waals surface area contributed by atoms with Gasteiger partial charge in [-0.3, -0.25) is 0 Å². The predicted octanol–water partition coefficient (Wildman–Crippen LogP) is 0.588. The summed E-state index contributed by atoms with van der Waals surface area (Å²) in [5.41, 5.74) is -0.0376. The van der Waals surface area contributed by atoms with E-state index in [4.69, 9.17) is 4.74 Å². The first-order chi connectivity index (χ1) is 4.99. The average molecular weight is 159 g/mol. The monoisotopic (exact) mass is 159 g/mol. The molecule has 0 unspecified atom stereocenters. The van der Waals surface area contributed by atoms with E-state index < -0.39 is 0 Å². The molecule has 0 spiro atoms. The van der Waals surface area contributed by atoms with Crippen molar-refractivity contribution in [2.24, 2.45) is 0 Å². The van der Waals surface area contributed by atoms with Gasteiger partial charge in [-0.15, -0.1) is 0 Å². The Labute approximate surface area is 68.1 Å². The highest BCUT2D eigenvalue weighted by Gasteiger charge is 2.15. The third kappa shape index (κ3) is 6.01. The van der Waals surface area contributed by atoms with Gasteiger partial charge in [0.15, 0.2) is 0 Å². The largest absolute Gasteiger partial charge is 0.383 e. The van der Waals surface area contributed by atoms with Gasteiger partial charge in [-0.05, 0) is 20.8 Å². The number of methoxy groups -OCH3 is 1. The zero-order valence-corrected chi connectivity index (χ0v) is 7.68. The third-order valence-corrected chi connectivity index (χ3v) is 1.13. The topological polar surface area (TPSA) is 38.3 Å². The van der Waals surface area contributed by atoms with Crippen LogP contribution in [0.5, 0.6) is 0 Å². The first-order valence-electron chi connectivity index (χ1n) is 3.71. The maximum atomic E-state index is 10.4. The number of aldehydes is 1. The molecule has 0 saturated heterocycles. The Balaban J connectivity index is 3.77. The van der Waals surface area contributed by atoms with E-state index in [-0.39, 0.29) is 11.6 Å². The first kappa shape index (κ1) is 10.6. The highest BCUT2D eigenvalue weighted by atomic mass is 16.5. The summed E-state index contributed by atoms with van der Waals surface area (Å²) in [4.78, 5) is 10.4. The van der Waals surface area contributed by atoms with E-state index in [1.165, 1.54) is 0 Å². The molecule has 0 heterocycles. The summed E-state index contributed by atoms with van der Waals surface area (Å²) in [6.07, 6.45) is 0.870. The molecule has 3 heteroatoms. The van der Waals surface area contributed by atoms with E-state index in [0.717, 1.165) is 6.29 Å². The highest BCUT2D eigenvalue weighted by molar-refractivity contribution is 5.57. The van der Waals surface area contributed by atoms with Crippen LogP contribution < -0.4 is 5.32 Å². The average Bonchev–Trinajstić information content (AvgIpc) is 1.84. The van der Waals surface area contributed by atoms with Crippen LogP contribution in [0.15, 0.2) is 0 Å². The van der Waals surface area contributed by atoms with E-state index in [0.29, 0.717) is 6.61 Å². The van der Waals surface area contributed by atoms with Crippen LogP contribution in [-0.4, -0.2) is 31.6 Å². The van der Waals surface area contributed by atoms with Gasteiger partial charge in [-0.25, -0.2) is 0 Å². The molecule has 0 aromatic carbocycles. The van der Waals surface area contributed by atoms with Gasteiger partial charge in [0.25, 0.3) is 0 Å². The summed E-state index contributed by atoms with van der Waals surface area (Å²) in [6, 6.07) is -0.194. The molecule has 0 aliphatic heterocycles. The Morgan fingerprint density at radius 1 is 1.55 bits per heavy atom. The minimum atomic E-state index is -0.194. The smallest absolute Gasteiger partial charge is 0.139 e. The number of rotatable bonds is 4. The quantitative estimate of drug-likeness (QED) is 0.610. The Morgan fingerprint density at radius 3 is 2.36 bits per heavy atom. The molecule has 0 amide bonds. The van der Waals surface area contributed by atoms with E-state index in [1.54, 1.807) is 7.11 Å². The molecule has 0 saturated carbocycles. The van der Waals surface area contributed by atoms with Crippen LogP contribution in [-0.2, 0) is 9.53 Å². The molecule has 66 valence electrons. The molecule has 1 atom stereocenters. The standard InChI is InChI=1S/C8H17NO2/c1-8(2,3)9-7(5-10)6-11-4/h5,7,9H,6H2,1-4H3/t7-/m1/s1. The normalized spacial score (nSPS) is 14.5. The maximum Gasteiger partial charge on any atom is 0.139 e. The minimum absolute atomic E-state index is 0.0376. The van der Waals surface area contributed by atoms with Crippen molar-refractivity contribution in [2.75, 3.05) is 13.7 Å². The van der Waals surface area contributed by atoms with E-state index in [1.807, 2.05) is 20.8 Å². The minimum Gasteiger partial charge on any atom is -0.383 e. The van der Waals surface area contributed by atoms with Gasteiger partial charge in [0.05, 0.1) is 12.6 Å². The summed E-state index contributed by atoms with van der Waals surface area (Å²) in [6.45, 7) is 6.47. The van der Waals surface area contributed by atoms with E-state index >= 15 is 0 Å². The molecule has 0 aliphatic carbocycles. The molecule has 1 N–H and O–H groups in total. The number of carbonyl (C=O) groups excluding carboxylic acids is 1. The fraction of sp³-hybridized carbons (Fsp3) is 0.875. The third-order valence-electron chi connectivity index (χ3n) is 1.13. The Hall–Kier alpha value is -0.410. The molecule has 0 aliphatic rings. The summed E-state index contributed by atoms with van der Waals surface area (Å²) < 4.78 is 4.85. The van der Waals surface area contributed by atoms with E-state index in [2.05, 4.69) is 5.32 Å². The van der Waals surface area contributed by atoms with Gasteiger partial charge < -0.3 is 14.8 Å². The van der Waals surface area contributed by atoms with Crippen molar-refractivity contribution >= 4 is 6.29 Å². The molecule has 0 radical (unpaired) electrons.